The molecule has 0 aromatic rings. The average molecular weight is 242 g/mol. The Bertz CT molecular complexity index is 277. The topological polar surface area (TPSA) is 23.6 Å². The Labute approximate surface area is 103 Å². The smallest absolute Gasteiger partial charge is 0.222 e. The molecule has 0 aliphatic carbocycles. The Balaban J connectivity index is 2.00. The minimum Gasteiger partial charge on any atom is -0.336 e. The SMILES string of the molecule is CCC(=O)N1C[C@@H](F)C[C@H]1C1CCN(C)CC1. The molecule has 0 N–H and O–H groups in total. The molecule has 2 saturated heterocycles. The van der Waals surface area contributed by atoms with Crippen LogP contribution in [-0.2, 0) is 4.79 Å². The first-order valence-corrected chi connectivity index (χ1v) is 6.74. The van der Waals surface area contributed by atoms with Crippen molar-refractivity contribution in [2.24, 2.45) is 5.92 Å². The summed E-state index contributed by atoms with van der Waals surface area (Å²) < 4.78 is 13.5. The average Bonchev–Trinajstić information content (AvgIpc) is 2.71. The molecule has 4 heteroatoms. The van der Waals surface area contributed by atoms with Crippen LogP contribution in [0.15, 0.2) is 0 Å². The maximum atomic E-state index is 13.5. The monoisotopic (exact) mass is 242 g/mol. The van der Waals surface area contributed by atoms with E-state index in [-0.39, 0.29) is 11.9 Å². The van der Waals surface area contributed by atoms with Crippen molar-refractivity contribution in [2.75, 3.05) is 26.7 Å². The van der Waals surface area contributed by atoms with E-state index < -0.39 is 6.17 Å². The Hall–Kier alpha value is -0.640. The van der Waals surface area contributed by atoms with Crippen molar-refractivity contribution < 1.29 is 9.18 Å². The van der Waals surface area contributed by atoms with Crippen molar-refractivity contribution >= 4 is 5.91 Å². The number of hydrogen-bond donors (Lipinski definition) is 0. The third kappa shape index (κ3) is 2.79. The van der Waals surface area contributed by atoms with Crippen molar-refractivity contribution in [1.29, 1.82) is 0 Å². The summed E-state index contributed by atoms with van der Waals surface area (Å²) in [6.07, 6.45) is 2.44. The number of alkyl halides is 1. The second-order valence-electron chi connectivity index (χ2n) is 5.44. The molecule has 2 heterocycles. The molecule has 2 aliphatic heterocycles. The van der Waals surface area contributed by atoms with Crippen molar-refractivity contribution in [2.45, 2.75) is 44.8 Å². The fourth-order valence-corrected chi connectivity index (χ4v) is 3.16. The van der Waals surface area contributed by atoms with Crippen molar-refractivity contribution in [3.8, 4) is 0 Å². The third-order valence-corrected chi connectivity index (χ3v) is 4.22. The molecule has 3 nitrogen and oxygen atoms in total. The molecule has 0 unspecified atom stereocenters. The van der Waals surface area contributed by atoms with Crippen LogP contribution in [0.3, 0.4) is 0 Å². The highest BCUT2D eigenvalue weighted by Gasteiger charge is 2.39. The zero-order chi connectivity index (χ0) is 12.4. The summed E-state index contributed by atoms with van der Waals surface area (Å²) in [6.45, 7) is 4.34. The van der Waals surface area contributed by atoms with Crippen LogP contribution >= 0.6 is 0 Å². The van der Waals surface area contributed by atoms with Crippen LogP contribution < -0.4 is 0 Å². The lowest BCUT2D eigenvalue weighted by Gasteiger charge is -2.36. The fraction of sp³-hybridized carbons (Fsp3) is 0.923. The molecule has 2 fully saturated rings. The fourth-order valence-electron chi connectivity index (χ4n) is 3.16. The van der Waals surface area contributed by atoms with Crippen LogP contribution in [0.25, 0.3) is 0 Å². The highest BCUT2D eigenvalue weighted by molar-refractivity contribution is 5.76. The molecule has 17 heavy (non-hydrogen) atoms. The zero-order valence-electron chi connectivity index (χ0n) is 10.9. The van der Waals surface area contributed by atoms with Gasteiger partial charge in [0.05, 0.1) is 6.54 Å². The standard InChI is InChI=1S/C13H23FN2O/c1-3-13(17)16-9-11(14)8-12(16)10-4-6-15(2)7-5-10/h10-12H,3-9H2,1-2H3/t11-,12-/m0/s1. The van der Waals surface area contributed by atoms with Gasteiger partial charge in [-0.2, -0.15) is 0 Å². The predicted molar refractivity (Wildman–Crippen MR) is 65.5 cm³/mol. The van der Waals surface area contributed by atoms with Crippen LogP contribution in [0.1, 0.15) is 32.6 Å². The molecule has 1 amide bonds. The quantitative estimate of drug-likeness (QED) is 0.735. The number of piperidine rings is 1. The lowest BCUT2D eigenvalue weighted by molar-refractivity contribution is -0.133. The lowest BCUT2D eigenvalue weighted by Crippen LogP contribution is -2.44. The number of nitrogens with zero attached hydrogens (tertiary/aromatic N) is 2. The number of rotatable bonds is 2. The summed E-state index contributed by atoms with van der Waals surface area (Å²) in [5.41, 5.74) is 0. The molecular weight excluding hydrogens is 219 g/mol. The Morgan fingerprint density at radius 3 is 2.59 bits per heavy atom. The minimum absolute atomic E-state index is 0.120. The van der Waals surface area contributed by atoms with E-state index >= 15 is 0 Å². The van der Waals surface area contributed by atoms with Crippen molar-refractivity contribution in [3.63, 3.8) is 0 Å². The highest BCUT2D eigenvalue weighted by Crippen LogP contribution is 2.32. The predicted octanol–water partition coefficient (Wildman–Crippen LogP) is 1.68. The summed E-state index contributed by atoms with van der Waals surface area (Å²) in [5.74, 6) is 0.622. The molecule has 98 valence electrons. The third-order valence-electron chi connectivity index (χ3n) is 4.22. The van der Waals surface area contributed by atoms with E-state index in [9.17, 15) is 9.18 Å². The van der Waals surface area contributed by atoms with Gasteiger partial charge in [-0.15, -0.1) is 0 Å². The second-order valence-corrected chi connectivity index (χ2v) is 5.44. The van der Waals surface area contributed by atoms with Crippen LogP contribution in [0, 0.1) is 5.92 Å². The van der Waals surface area contributed by atoms with Gasteiger partial charge in [-0.05, 0) is 38.9 Å². The Morgan fingerprint density at radius 1 is 1.35 bits per heavy atom. The van der Waals surface area contributed by atoms with E-state index in [1.807, 2.05) is 6.92 Å². The van der Waals surface area contributed by atoms with Gasteiger partial charge in [-0.3, -0.25) is 4.79 Å². The van der Waals surface area contributed by atoms with Gasteiger partial charge in [-0.25, -0.2) is 4.39 Å². The molecule has 0 saturated carbocycles. The summed E-state index contributed by atoms with van der Waals surface area (Å²) >= 11 is 0. The highest BCUT2D eigenvalue weighted by atomic mass is 19.1. The van der Waals surface area contributed by atoms with Gasteiger partial charge >= 0.3 is 0 Å². The molecule has 0 aromatic heterocycles. The van der Waals surface area contributed by atoms with Crippen molar-refractivity contribution in [1.82, 2.24) is 9.80 Å². The van der Waals surface area contributed by atoms with E-state index in [1.165, 1.54) is 0 Å². The number of halogens is 1. The van der Waals surface area contributed by atoms with Crippen molar-refractivity contribution in [3.05, 3.63) is 0 Å². The van der Waals surface area contributed by atoms with Gasteiger partial charge in [0.15, 0.2) is 0 Å². The number of carbonyl (C=O) groups is 1. The Kier molecular flexibility index (Phi) is 4.02. The summed E-state index contributed by atoms with van der Waals surface area (Å²) in [4.78, 5) is 15.9. The van der Waals surface area contributed by atoms with Gasteiger partial charge in [0, 0.05) is 18.9 Å². The van der Waals surface area contributed by atoms with Crippen LogP contribution in [0.5, 0.6) is 0 Å². The maximum Gasteiger partial charge on any atom is 0.222 e. The summed E-state index contributed by atoms with van der Waals surface area (Å²) in [7, 11) is 2.12. The first-order valence-electron chi connectivity index (χ1n) is 6.74. The number of likely N-dealkylation sites (tertiary alicyclic amines) is 2. The number of hydrogen-bond acceptors (Lipinski definition) is 2. The van der Waals surface area contributed by atoms with Gasteiger partial charge in [0.2, 0.25) is 5.91 Å². The van der Waals surface area contributed by atoms with E-state index in [0.717, 1.165) is 25.9 Å². The van der Waals surface area contributed by atoms with Gasteiger partial charge in [0.25, 0.3) is 0 Å². The van der Waals surface area contributed by atoms with Gasteiger partial charge in [0.1, 0.15) is 6.17 Å². The first-order chi connectivity index (χ1) is 8.11. The maximum absolute atomic E-state index is 13.5. The second kappa shape index (κ2) is 5.34. The van der Waals surface area contributed by atoms with E-state index in [2.05, 4.69) is 11.9 Å². The summed E-state index contributed by atoms with van der Waals surface area (Å²) in [6, 6.07) is 0.158. The van der Waals surface area contributed by atoms with Gasteiger partial charge < -0.3 is 9.80 Å². The largest absolute Gasteiger partial charge is 0.336 e. The minimum atomic E-state index is -0.810. The number of amides is 1. The molecule has 2 aliphatic rings. The molecule has 0 radical (unpaired) electrons. The lowest BCUT2D eigenvalue weighted by atomic mass is 9.88. The van der Waals surface area contributed by atoms with E-state index in [4.69, 9.17) is 0 Å². The molecule has 0 spiro atoms. The molecule has 2 atom stereocenters. The van der Waals surface area contributed by atoms with Gasteiger partial charge in [-0.1, -0.05) is 6.92 Å². The Morgan fingerprint density at radius 2 is 2.00 bits per heavy atom. The normalized spacial score (nSPS) is 32.1. The molecular formula is C13H23FN2O. The molecule has 0 aromatic carbocycles. The number of carbonyl (C=O) groups excluding carboxylic acids is 1. The van der Waals surface area contributed by atoms with Crippen LogP contribution in [0.4, 0.5) is 4.39 Å². The summed E-state index contributed by atoms with van der Waals surface area (Å²) in [5, 5.41) is 0. The van der Waals surface area contributed by atoms with E-state index in [1.54, 1.807) is 4.90 Å². The molecule has 2 rings (SSSR count). The first kappa shape index (κ1) is 12.8. The zero-order valence-corrected chi connectivity index (χ0v) is 10.9. The van der Waals surface area contributed by atoms with Crippen LogP contribution in [0.2, 0.25) is 0 Å². The molecule has 0 bridgehead atoms. The van der Waals surface area contributed by atoms with E-state index in [0.29, 0.717) is 25.3 Å². The van der Waals surface area contributed by atoms with Crippen LogP contribution in [-0.4, -0.2) is 54.6 Å².